The van der Waals surface area contributed by atoms with E-state index in [1.807, 2.05) is 42.5 Å². The van der Waals surface area contributed by atoms with Crippen molar-refractivity contribution in [2.45, 2.75) is 5.16 Å². The first-order valence-corrected chi connectivity index (χ1v) is 8.57. The minimum absolute atomic E-state index is 0.429. The Morgan fingerprint density at radius 3 is 2.67 bits per heavy atom. The van der Waals surface area contributed by atoms with E-state index in [4.69, 9.17) is 0 Å². The number of benzene rings is 1. The van der Waals surface area contributed by atoms with Crippen LogP contribution in [0.4, 0.5) is 0 Å². The van der Waals surface area contributed by atoms with E-state index in [0.29, 0.717) is 10.9 Å². The summed E-state index contributed by atoms with van der Waals surface area (Å²) in [4.78, 5) is 3.98. The zero-order valence-corrected chi connectivity index (χ0v) is 13.4. The van der Waals surface area contributed by atoms with Crippen molar-refractivity contribution in [3.8, 4) is 0 Å². The van der Waals surface area contributed by atoms with E-state index in [-0.39, 0.29) is 0 Å². The van der Waals surface area contributed by atoms with Gasteiger partial charge in [0.15, 0.2) is 0 Å². The number of hydrogen-bond acceptors (Lipinski definition) is 5. The molecule has 0 aliphatic heterocycles. The zero-order chi connectivity index (χ0) is 15.3. The van der Waals surface area contributed by atoms with Gasteiger partial charge in [0.05, 0.1) is 0 Å². The van der Waals surface area contributed by atoms with Crippen molar-refractivity contribution in [3.05, 3.63) is 48.3 Å². The second-order valence-corrected chi connectivity index (χ2v) is 7.30. The highest BCUT2D eigenvalue weighted by molar-refractivity contribution is 7.99. The van der Waals surface area contributed by atoms with Crippen LogP contribution in [0.5, 0.6) is 0 Å². The lowest BCUT2D eigenvalue weighted by Crippen LogP contribution is -2.29. The first kappa shape index (κ1) is 15.7. The van der Waals surface area contributed by atoms with Gasteiger partial charge in [0.2, 0.25) is 5.16 Å². The maximum Gasteiger partial charge on any atom is 0.323 e. The predicted molar refractivity (Wildman–Crippen MR) is 84.2 cm³/mol. The molecule has 0 N–H and O–H groups in total. The SMILES string of the molecule is CN(C)S(=O)(=O)n1cnc(SCC=Cc2ccccc2)n1. The molecule has 1 aromatic carbocycles. The van der Waals surface area contributed by atoms with Gasteiger partial charge in [-0.25, -0.2) is 4.98 Å². The van der Waals surface area contributed by atoms with Crippen molar-refractivity contribution in [1.29, 1.82) is 0 Å². The van der Waals surface area contributed by atoms with Gasteiger partial charge in [0.1, 0.15) is 6.33 Å². The molecule has 112 valence electrons. The molecule has 0 bridgehead atoms. The molecule has 21 heavy (non-hydrogen) atoms. The summed E-state index contributed by atoms with van der Waals surface area (Å²) in [7, 11) is -0.683. The van der Waals surface area contributed by atoms with Crippen LogP contribution in [-0.4, -0.2) is 46.7 Å². The molecule has 0 amide bonds. The largest absolute Gasteiger partial charge is 0.323 e. The van der Waals surface area contributed by atoms with Crippen LogP contribution in [0.3, 0.4) is 0 Å². The van der Waals surface area contributed by atoms with Gasteiger partial charge >= 0.3 is 10.2 Å². The molecule has 2 rings (SSSR count). The quantitative estimate of drug-likeness (QED) is 0.757. The molecule has 0 saturated carbocycles. The predicted octanol–water partition coefficient (Wildman–Crippen LogP) is 1.74. The highest BCUT2D eigenvalue weighted by Gasteiger charge is 2.18. The summed E-state index contributed by atoms with van der Waals surface area (Å²) >= 11 is 1.38. The molecule has 8 heteroatoms. The third-order valence-electron chi connectivity index (χ3n) is 2.57. The van der Waals surface area contributed by atoms with Crippen molar-refractivity contribution in [2.24, 2.45) is 0 Å². The fourth-order valence-corrected chi connectivity index (χ4v) is 2.79. The van der Waals surface area contributed by atoms with E-state index in [0.717, 1.165) is 14.0 Å². The lowest BCUT2D eigenvalue weighted by atomic mass is 10.2. The van der Waals surface area contributed by atoms with Gasteiger partial charge in [-0.3, -0.25) is 0 Å². The normalized spacial score (nSPS) is 12.3. The van der Waals surface area contributed by atoms with Gasteiger partial charge in [-0.15, -0.1) is 9.19 Å². The topological polar surface area (TPSA) is 68.1 Å². The average molecular weight is 324 g/mol. The Balaban J connectivity index is 1.94. The number of hydrogen-bond donors (Lipinski definition) is 0. The van der Waals surface area contributed by atoms with E-state index in [1.54, 1.807) is 0 Å². The number of thioether (sulfide) groups is 1. The van der Waals surface area contributed by atoms with E-state index in [1.165, 1.54) is 32.2 Å². The first-order chi connectivity index (χ1) is 10.00. The Kier molecular flexibility index (Phi) is 5.16. The smallest absolute Gasteiger partial charge is 0.209 e. The van der Waals surface area contributed by atoms with E-state index >= 15 is 0 Å². The van der Waals surface area contributed by atoms with E-state index < -0.39 is 10.2 Å². The molecule has 1 heterocycles. The summed E-state index contributed by atoms with van der Waals surface area (Å²) < 4.78 is 25.6. The molecule has 0 radical (unpaired) electrons. The van der Waals surface area contributed by atoms with Crippen molar-refractivity contribution in [3.63, 3.8) is 0 Å². The molecular weight excluding hydrogens is 308 g/mol. The van der Waals surface area contributed by atoms with E-state index in [2.05, 4.69) is 10.1 Å². The molecule has 0 atom stereocenters. The number of rotatable bonds is 6. The van der Waals surface area contributed by atoms with Crippen LogP contribution in [-0.2, 0) is 10.2 Å². The molecule has 0 spiro atoms. The Bertz CT molecular complexity index is 709. The molecule has 0 fully saturated rings. The van der Waals surface area contributed by atoms with Gasteiger partial charge in [0.25, 0.3) is 0 Å². The lowest BCUT2D eigenvalue weighted by Gasteiger charge is -2.09. The van der Waals surface area contributed by atoms with Gasteiger partial charge in [-0.1, -0.05) is 54.2 Å². The van der Waals surface area contributed by atoms with Crippen LogP contribution in [0.15, 0.2) is 47.9 Å². The summed E-state index contributed by atoms with van der Waals surface area (Å²) in [5.41, 5.74) is 1.12. The number of nitrogens with zero attached hydrogens (tertiary/aromatic N) is 4. The molecule has 0 aliphatic carbocycles. The second-order valence-electron chi connectivity index (χ2n) is 4.31. The Morgan fingerprint density at radius 1 is 1.29 bits per heavy atom. The van der Waals surface area contributed by atoms with Crippen molar-refractivity contribution in [2.75, 3.05) is 19.8 Å². The second kappa shape index (κ2) is 6.88. The minimum Gasteiger partial charge on any atom is -0.209 e. The standard InChI is InChI=1S/C13H16N4O2S2/c1-16(2)21(18,19)17-11-14-13(15-17)20-10-6-9-12-7-4-3-5-8-12/h3-9,11H,10H2,1-2H3. The van der Waals surface area contributed by atoms with Crippen LogP contribution >= 0.6 is 11.8 Å². The van der Waals surface area contributed by atoms with Crippen LogP contribution in [0, 0.1) is 0 Å². The lowest BCUT2D eigenvalue weighted by molar-refractivity contribution is 0.502. The molecule has 2 aromatic rings. The maximum absolute atomic E-state index is 11.8. The summed E-state index contributed by atoms with van der Waals surface area (Å²) in [5.74, 6) is 0.668. The summed E-state index contributed by atoms with van der Waals surface area (Å²) in [6.45, 7) is 0. The summed E-state index contributed by atoms with van der Waals surface area (Å²) in [6, 6.07) is 9.94. The van der Waals surface area contributed by atoms with Crippen molar-refractivity contribution >= 4 is 28.0 Å². The summed E-state index contributed by atoms with van der Waals surface area (Å²) in [5, 5.41) is 4.38. The van der Waals surface area contributed by atoms with Gasteiger partial charge in [0, 0.05) is 19.8 Å². The molecule has 0 saturated heterocycles. The van der Waals surface area contributed by atoms with E-state index in [9.17, 15) is 8.42 Å². The van der Waals surface area contributed by atoms with Crippen molar-refractivity contribution in [1.82, 2.24) is 18.5 Å². The third-order valence-corrected chi connectivity index (χ3v) is 4.94. The molecule has 6 nitrogen and oxygen atoms in total. The Morgan fingerprint density at radius 2 is 2.00 bits per heavy atom. The third kappa shape index (κ3) is 4.16. The molecule has 0 aliphatic rings. The monoisotopic (exact) mass is 324 g/mol. The number of aromatic nitrogens is 3. The van der Waals surface area contributed by atoms with Gasteiger partial charge < -0.3 is 0 Å². The van der Waals surface area contributed by atoms with Gasteiger partial charge in [-0.2, -0.15) is 12.7 Å². The average Bonchev–Trinajstić information content (AvgIpc) is 2.94. The van der Waals surface area contributed by atoms with Crippen molar-refractivity contribution < 1.29 is 8.42 Å². The summed E-state index contributed by atoms with van der Waals surface area (Å²) in [6.07, 6.45) is 5.19. The highest BCUT2D eigenvalue weighted by Crippen LogP contribution is 2.14. The fraction of sp³-hybridized carbons (Fsp3) is 0.231. The van der Waals surface area contributed by atoms with Crippen LogP contribution in [0.1, 0.15) is 5.56 Å². The Labute approximate surface area is 128 Å². The van der Waals surface area contributed by atoms with Crippen LogP contribution in [0.25, 0.3) is 6.08 Å². The zero-order valence-electron chi connectivity index (χ0n) is 11.7. The highest BCUT2D eigenvalue weighted by atomic mass is 32.2. The van der Waals surface area contributed by atoms with Gasteiger partial charge in [-0.05, 0) is 5.56 Å². The fourth-order valence-electron chi connectivity index (χ4n) is 1.45. The molecular formula is C13H16N4O2S2. The van der Waals surface area contributed by atoms with Crippen LogP contribution < -0.4 is 0 Å². The molecule has 0 unspecified atom stereocenters. The maximum atomic E-state index is 11.8. The van der Waals surface area contributed by atoms with Crippen LogP contribution in [0.2, 0.25) is 0 Å². The molecule has 1 aromatic heterocycles. The Hall–Kier alpha value is -1.64. The first-order valence-electron chi connectivity index (χ1n) is 6.19. The minimum atomic E-state index is -3.58.